The van der Waals surface area contributed by atoms with Crippen LogP contribution in [0.15, 0.2) is 18.2 Å². The summed E-state index contributed by atoms with van der Waals surface area (Å²) in [5.74, 6) is -1.80. The van der Waals surface area contributed by atoms with Crippen LogP contribution in [0.2, 0.25) is 0 Å². The van der Waals surface area contributed by atoms with Crippen LogP contribution in [0.4, 0.5) is 8.78 Å². The van der Waals surface area contributed by atoms with Crippen LogP contribution in [0.1, 0.15) is 25.3 Å². The van der Waals surface area contributed by atoms with Gasteiger partial charge in [0.05, 0.1) is 6.04 Å². The number of piperidine rings is 1. The number of hydrogen-bond donors (Lipinski definition) is 1. The highest BCUT2D eigenvalue weighted by atomic mass is 19.1. The number of primary amides is 1. The minimum atomic E-state index is -0.625. The average Bonchev–Trinajstić information content (AvgIpc) is 2.56. The second-order valence-corrected chi connectivity index (χ2v) is 6.33. The predicted octanol–water partition coefficient (Wildman–Crippen LogP) is 1.51. The zero-order chi connectivity index (χ0) is 17.9. The quantitative estimate of drug-likeness (QED) is 0.884. The van der Waals surface area contributed by atoms with Crippen LogP contribution in [0, 0.1) is 17.6 Å². The summed E-state index contributed by atoms with van der Waals surface area (Å²) in [5, 5.41) is 0. The van der Waals surface area contributed by atoms with Crippen molar-refractivity contribution in [2.45, 2.75) is 32.4 Å². The van der Waals surface area contributed by atoms with Crippen LogP contribution in [-0.2, 0) is 16.1 Å². The molecule has 0 radical (unpaired) electrons. The number of carbonyl (C=O) groups is 2. The molecule has 7 heteroatoms. The first-order valence-corrected chi connectivity index (χ1v) is 8.02. The fourth-order valence-electron chi connectivity index (χ4n) is 2.89. The lowest BCUT2D eigenvalue weighted by Crippen LogP contribution is -2.49. The van der Waals surface area contributed by atoms with Crippen LogP contribution in [-0.4, -0.2) is 47.8 Å². The van der Waals surface area contributed by atoms with E-state index in [1.165, 1.54) is 12.1 Å². The highest BCUT2D eigenvalue weighted by Crippen LogP contribution is 2.19. The van der Waals surface area contributed by atoms with Crippen molar-refractivity contribution in [1.29, 1.82) is 0 Å². The molecule has 1 heterocycles. The summed E-state index contributed by atoms with van der Waals surface area (Å²) in [4.78, 5) is 27.2. The highest BCUT2D eigenvalue weighted by Gasteiger charge is 2.29. The third kappa shape index (κ3) is 4.29. The minimum absolute atomic E-state index is 0.0667. The SMILES string of the molecule is C[C@@H](C(=O)N1CCC(C(N)=O)CC1)N(C)Cc1ccc(F)cc1F. The second kappa shape index (κ2) is 7.70. The molecule has 1 fully saturated rings. The van der Waals surface area contributed by atoms with Gasteiger partial charge in [0.2, 0.25) is 11.8 Å². The van der Waals surface area contributed by atoms with Crippen molar-refractivity contribution in [2.75, 3.05) is 20.1 Å². The molecule has 2 amide bonds. The van der Waals surface area contributed by atoms with E-state index in [1.807, 2.05) is 0 Å². The van der Waals surface area contributed by atoms with Gasteiger partial charge in [-0.05, 0) is 32.9 Å². The molecule has 24 heavy (non-hydrogen) atoms. The number of halogens is 2. The van der Waals surface area contributed by atoms with Gasteiger partial charge in [-0.2, -0.15) is 0 Å². The number of hydrogen-bond acceptors (Lipinski definition) is 3. The first kappa shape index (κ1) is 18.3. The molecular weight excluding hydrogens is 316 g/mol. The van der Waals surface area contributed by atoms with E-state index < -0.39 is 17.7 Å². The lowest BCUT2D eigenvalue weighted by molar-refractivity contribution is -0.139. The van der Waals surface area contributed by atoms with E-state index in [-0.39, 0.29) is 24.3 Å². The van der Waals surface area contributed by atoms with Gasteiger partial charge in [0.25, 0.3) is 0 Å². The molecule has 1 aliphatic heterocycles. The Balaban J connectivity index is 1.94. The Hall–Kier alpha value is -2.02. The topological polar surface area (TPSA) is 66.6 Å². The Morgan fingerprint density at radius 2 is 1.96 bits per heavy atom. The Morgan fingerprint density at radius 3 is 2.50 bits per heavy atom. The number of benzene rings is 1. The molecule has 1 aromatic rings. The van der Waals surface area contributed by atoms with Gasteiger partial charge in [0.1, 0.15) is 11.6 Å². The number of nitrogens with zero attached hydrogens (tertiary/aromatic N) is 2. The van der Waals surface area contributed by atoms with Crippen molar-refractivity contribution in [1.82, 2.24) is 9.80 Å². The van der Waals surface area contributed by atoms with Crippen molar-refractivity contribution in [3.05, 3.63) is 35.4 Å². The van der Waals surface area contributed by atoms with E-state index in [4.69, 9.17) is 5.73 Å². The maximum Gasteiger partial charge on any atom is 0.239 e. The Kier molecular flexibility index (Phi) is 5.88. The lowest BCUT2D eigenvalue weighted by Gasteiger charge is -2.34. The molecule has 1 aliphatic rings. The van der Waals surface area contributed by atoms with Gasteiger partial charge < -0.3 is 10.6 Å². The van der Waals surface area contributed by atoms with Crippen molar-refractivity contribution in [2.24, 2.45) is 11.7 Å². The largest absolute Gasteiger partial charge is 0.369 e. The number of rotatable bonds is 5. The fourth-order valence-corrected chi connectivity index (χ4v) is 2.89. The summed E-state index contributed by atoms with van der Waals surface area (Å²) in [7, 11) is 1.72. The number of nitrogens with two attached hydrogens (primary N) is 1. The smallest absolute Gasteiger partial charge is 0.239 e. The van der Waals surface area contributed by atoms with Gasteiger partial charge in [-0.1, -0.05) is 6.07 Å². The first-order chi connectivity index (χ1) is 11.3. The molecule has 1 saturated heterocycles. The number of amides is 2. The summed E-state index contributed by atoms with van der Waals surface area (Å²) in [6.45, 7) is 2.95. The van der Waals surface area contributed by atoms with E-state index in [1.54, 1.807) is 23.8 Å². The molecule has 2 N–H and O–H groups in total. The molecule has 0 unspecified atom stereocenters. The first-order valence-electron chi connectivity index (χ1n) is 8.02. The Morgan fingerprint density at radius 1 is 1.33 bits per heavy atom. The summed E-state index contributed by atoms with van der Waals surface area (Å²) < 4.78 is 26.7. The van der Waals surface area contributed by atoms with Crippen LogP contribution >= 0.6 is 0 Å². The summed E-state index contributed by atoms with van der Waals surface area (Å²) in [6, 6.07) is 2.98. The molecular formula is C17H23F2N3O2. The zero-order valence-electron chi connectivity index (χ0n) is 14.0. The van der Waals surface area contributed by atoms with Crippen molar-refractivity contribution >= 4 is 11.8 Å². The normalized spacial score (nSPS) is 17.1. The molecule has 0 saturated carbocycles. The summed E-state index contributed by atoms with van der Waals surface area (Å²) in [5.41, 5.74) is 5.63. The summed E-state index contributed by atoms with van der Waals surface area (Å²) >= 11 is 0. The predicted molar refractivity (Wildman–Crippen MR) is 85.8 cm³/mol. The van der Waals surface area contributed by atoms with Crippen molar-refractivity contribution < 1.29 is 18.4 Å². The van der Waals surface area contributed by atoms with E-state index in [2.05, 4.69) is 0 Å². The highest BCUT2D eigenvalue weighted by molar-refractivity contribution is 5.82. The third-order valence-electron chi connectivity index (χ3n) is 4.66. The van der Waals surface area contributed by atoms with Gasteiger partial charge in [-0.15, -0.1) is 0 Å². The Labute approximate surface area is 140 Å². The van der Waals surface area contributed by atoms with Crippen LogP contribution in [0.5, 0.6) is 0 Å². The van der Waals surface area contributed by atoms with Gasteiger partial charge >= 0.3 is 0 Å². The van der Waals surface area contributed by atoms with E-state index in [9.17, 15) is 18.4 Å². The number of carbonyl (C=O) groups excluding carboxylic acids is 2. The van der Waals surface area contributed by atoms with E-state index >= 15 is 0 Å². The number of likely N-dealkylation sites (tertiary alicyclic amines) is 1. The average molecular weight is 339 g/mol. The molecule has 1 aromatic carbocycles. The lowest BCUT2D eigenvalue weighted by atomic mass is 9.96. The monoisotopic (exact) mass is 339 g/mol. The zero-order valence-corrected chi connectivity index (χ0v) is 14.0. The number of likely N-dealkylation sites (N-methyl/N-ethyl adjacent to an activating group) is 1. The molecule has 0 aliphatic carbocycles. The molecule has 0 spiro atoms. The second-order valence-electron chi connectivity index (χ2n) is 6.33. The fraction of sp³-hybridized carbons (Fsp3) is 0.529. The standard InChI is InChI=1S/C17H23F2N3O2/c1-11(17(24)22-7-5-12(6-8-22)16(20)23)21(2)10-13-3-4-14(18)9-15(13)19/h3-4,9,11-12H,5-8,10H2,1-2H3,(H2,20,23)/t11-/m0/s1. The maximum atomic E-state index is 13.7. The molecule has 2 rings (SSSR count). The van der Waals surface area contributed by atoms with Gasteiger partial charge in [0.15, 0.2) is 0 Å². The van der Waals surface area contributed by atoms with Gasteiger partial charge in [-0.25, -0.2) is 8.78 Å². The van der Waals surface area contributed by atoms with Gasteiger partial charge in [-0.3, -0.25) is 14.5 Å². The molecule has 0 bridgehead atoms. The molecule has 0 aromatic heterocycles. The van der Waals surface area contributed by atoms with Crippen LogP contribution in [0.25, 0.3) is 0 Å². The van der Waals surface area contributed by atoms with Gasteiger partial charge in [0, 0.05) is 37.2 Å². The van der Waals surface area contributed by atoms with Crippen LogP contribution in [0.3, 0.4) is 0 Å². The third-order valence-corrected chi connectivity index (χ3v) is 4.66. The van der Waals surface area contributed by atoms with Crippen LogP contribution < -0.4 is 5.73 Å². The molecule has 1 atom stereocenters. The molecule has 132 valence electrons. The molecule has 5 nitrogen and oxygen atoms in total. The van der Waals surface area contributed by atoms with E-state index in [0.29, 0.717) is 31.5 Å². The maximum absolute atomic E-state index is 13.7. The van der Waals surface area contributed by atoms with Crippen molar-refractivity contribution in [3.63, 3.8) is 0 Å². The minimum Gasteiger partial charge on any atom is -0.369 e. The summed E-state index contributed by atoms with van der Waals surface area (Å²) in [6.07, 6.45) is 1.15. The van der Waals surface area contributed by atoms with Crippen molar-refractivity contribution in [3.8, 4) is 0 Å². The Bertz CT molecular complexity index is 616. The van der Waals surface area contributed by atoms with E-state index in [0.717, 1.165) is 6.07 Å².